The van der Waals surface area contributed by atoms with Gasteiger partial charge in [0.25, 0.3) is 10.2 Å². The number of hydrogen-bond acceptors (Lipinski definition) is 2. The third-order valence-electron chi connectivity index (χ3n) is 5.30. The van der Waals surface area contributed by atoms with Crippen molar-refractivity contribution < 1.29 is 8.42 Å². The lowest BCUT2D eigenvalue weighted by Crippen LogP contribution is -2.46. The molecule has 2 aliphatic carbocycles. The van der Waals surface area contributed by atoms with E-state index in [2.05, 4.69) is 16.9 Å². The summed E-state index contributed by atoms with van der Waals surface area (Å²) < 4.78 is 29.5. The molecule has 1 N–H and O–H groups in total. The van der Waals surface area contributed by atoms with Crippen molar-refractivity contribution in [1.29, 1.82) is 0 Å². The minimum atomic E-state index is -3.38. The van der Waals surface area contributed by atoms with Crippen LogP contribution in [0.5, 0.6) is 0 Å². The fourth-order valence-corrected chi connectivity index (χ4v) is 4.75. The summed E-state index contributed by atoms with van der Waals surface area (Å²) in [5, 5.41) is 0. The molecule has 0 aliphatic heterocycles. The smallest absolute Gasteiger partial charge is 0.201 e. The molecule has 5 heteroatoms. The highest BCUT2D eigenvalue weighted by Gasteiger charge is 2.45. The van der Waals surface area contributed by atoms with Crippen molar-refractivity contribution in [1.82, 2.24) is 9.03 Å². The molecular weight excluding hydrogens is 296 g/mol. The molecule has 2 aliphatic rings. The van der Waals surface area contributed by atoms with E-state index in [-0.39, 0.29) is 11.5 Å². The number of rotatable bonds is 6. The highest BCUT2D eigenvalue weighted by molar-refractivity contribution is 7.87. The van der Waals surface area contributed by atoms with E-state index < -0.39 is 10.2 Å². The van der Waals surface area contributed by atoms with E-state index in [1.165, 1.54) is 12.0 Å². The molecule has 0 heterocycles. The molecule has 0 amide bonds. The average Bonchev–Trinajstić information content (AvgIpc) is 3.35. The van der Waals surface area contributed by atoms with Crippen LogP contribution in [0.25, 0.3) is 0 Å². The van der Waals surface area contributed by atoms with Gasteiger partial charge in [0.15, 0.2) is 0 Å². The van der Waals surface area contributed by atoms with Crippen molar-refractivity contribution in [3.63, 3.8) is 0 Å². The van der Waals surface area contributed by atoms with Crippen molar-refractivity contribution in [2.75, 3.05) is 13.6 Å². The zero-order valence-corrected chi connectivity index (χ0v) is 14.1. The Bertz CT molecular complexity index is 590. The van der Waals surface area contributed by atoms with Gasteiger partial charge in [-0.1, -0.05) is 49.6 Å². The molecule has 0 atom stereocenters. The number of nitrogens with one attached hydrogen (secondary N) is 1. The zero-order valence-electron chi connectivity index (χ0n) is 13.3. The summed E-state index contributed by atoms with van der Waals surface area (Å²) in [7, 11) is -1.66. The summed E-state index contributed by atoms with van der Waals surface area (Å²) in [6, 6.07) is 10.4. The molecular formula is C17H26N2O2S. The third kappa shape index (κ3) is 3.36. The highest BCUT2D eigenvalue weighted by atomic mass is 32.2. The molecule has 122 valence electrons. The first-order valence-corrected chi connectivity index (χ1v) is 9.76. The second kappa shape index (κ2) is 6.30. The van der Waals surface area contributed by atoms with Crippen LogP contribution < -0.4 is 4.72 Å². The number of benzene rings is 1. The van der Waals surface area contributed by atoms with Gasteiger partial charge in [-0.25, -0.2) is 4.72 Å². The van der Waals surface area contributed by atoms with Gasteiger partial charge in [-0.2, -0.15) is 12.7 Å². The van der Waals surface area contributed by atoms with Gasteiger partial charge < -0.3 is 0 Å². The number of nitrogens with zero attached hydrogens (tertiary/aromatic N) is 1. The summed E-state index contributed by atoms with van der Waals surface area (Å²) in [5.41, 5.74) is 1.26. The molecule has 0 radical (unpaired) electrons. The molecule has 0 spiro atoms. The highest BCUT2D eigenvalue weighted by Crippen LogP contribution is 2.47. The topological polar surface area (TPSA) is 49.4 Å². The molecule has 1 aromatic rings. The Morgan fingerprint density at radius 3 is 2.36 bits per heavy atom. The standard InChI is InChI=1S/C17H26N2O2S/c1-19(16-10-6-3-7-11-16)22(20,21)18-14-17(12-13-17)15-8-4-2-5-9-15/h2,4-5,8-9,16,18H,3,6-7,10-14H2,1H3. The molecule has 2 saturated carbocycles. The van der Waals surface area contributed by atoms with E-state index in [0.717, 1.165) is 38.5 Å². The fourth-order valence-electron chi connectivity index (χ4n) is 3.48. The normalized spacial score (nSPS) is 21.9. The van der Waals surface area contributed by atoms with Gasteiger partial charge in [0.1, 0.15) is 0 Å². The Hall–Kier alpha value is -0.910. The summed E-state index contributed by atoms with van der Waals surface area (Å²) in [4.78, 5) is 0. The van der Waals surface area contributed by atoms with Crippen LogP contribution in [0.15, 0.2) is 30.3 Å². The van der Waals surface area contributed by atoms with Gasteiger partial charge in [-0.15, -0.1) is 0 Å². The van der Waals surface area contributed by atoms with Gasteiger partial charge in [0, 0.05) is 25.0 Å². The summed E-state index contributed by atoms with van der Waals surface area (Å²) in [6.07, 6.45) is 7.60. The van der Waals surface area contributed by atoms with Gasteiger partial charge in [-0.05, 0) is 31.2 Å². The SMILES string of the molecule is CN(C1CCCCC1)S(=O)(=O)NCC1(c2ccccc2)CC1. The second-order valence-corrected chi connectivity index (χ2v) is 8.60. The Balaban J connectivity index is 1.62. The van der Waals surface area contributed by atoms with Gasteiger partial charge in [0.2, 0.25) is 0 Å². The zero-order chi connectivity index (χ0) is 15.6. The molecule has 1 aromatic carbocycles. The second-order valence-electron chi connectivity index (χ2n) is 6.78. The molecule has 0 unspecified atom stereocenters. The van der Waals surface area contributed by atoms with E-state index in [4.69, 9.17) is 0 Å². The van der Waals surface area contributed by atoms with Gasteiger partial charge in [0.05, 0.1) is 0 Å². The van der Waals surface area contributed by atoms with Crippen LogP contribution in [-0.2, 0) is 15.6 Å². The van der Waals surface area contributed by atoms with Crippen LogP contribution in [0, 0.1) is 0 Å². The Kier molecular flexibility index (Phi) is 4.57. The lowest BCUT2D eigenvalue weighted by Gasteiger charge is -2.31. The van der Waals surface area contributed by atoms with E-state index in [9.17, 15) is 8.42 Å². The van der Waals surface area contributed by atoms with Crippen LogP contribution in [-0.4, -0.2) is 32.4 Å². The lowest BCUT2D eigenvalue weighted by atomic mass is 9.96. The Morgan fingerprint density at radius 2 is 1.77 bits per heavy atom. The quantitative estimate of drug-likeness (QED) is 0.875. The first-order chi connectivity index (χ1) is 10.5. The van der Waals surface area contributed by atoms with Crippen LogP contribution in [0.3, 0.4) is 0 Å². The lowest BCUT2D eigenvalue weighted by molar-refractivity contribution is 0.282. The fraction of sp³-hybridized carbons (Fsp3) is 0.647. The van der Waals surface area contributed by atoms with Crippen LogP contribution >= 0.6 is 0 Å². The van der Waals surface area contributed by atoms with Crippen molar-refractivity contribution in [2.24, 2.45) is 0 Å². The van der Waals surface area contributed by atoms with E-state index in [0.29, 0.717) is 6.54 Å². The molecule has 3 rings (SSSR count). The first-order valence-electron chi connectivity index (χ1n) is 8.32. The minimum Gasteiger partial charge on any atom is -0.201 e. The molecule has 0 aromatic heterocycles. The molecule has 4 nitrogen and oxygen atoms in total. The maximum atomic E-state index is 12.6. The molecule has 0 saturated heterocycles. The Morgan fingerprint density at radius 1 is 1.14 bits per heavy atom. The predicted octanol–water partition coefficient (Wildman–Crippen LogP) is 2.82. The average molecular weight is 322 g/mol. The largest absolute Gasteiger partial charge is 0.279 e. The third-order valence-corrected chi connectivity index (χ3v) is 6.87. The van der Waals surface area contributed by atoms with Crippen molar-refractivity contribution in [2.45, 2.75) is 56.4 Å². The van der Waals surface area contributed by atoms with E-state index in [1.54, 1.807) is 11.4 Å². The van der Waals surface area contributed by atoms with E-state index >= 15 is 0 Å². The van der Waals surface area contributed by atoms with Crippen LogP contribution in [0.4, 0.5) is 0 Å². The summed E-state index contributed by atoms with van der Waals surface area (Å²) in [6.45, 7) is 0.510. The predicted molar refractivity (Wildman–Crippen MR) is 88.9 cm³/mol. The maximum absolute atomic E-state index is 12.6. The minimum absolute atomic E-state index is 0.0156. The monoisotopic (exact) mass is 322 g/mol. The van der Waals surface area contributed by atoms with Crippen LogP contribution in [0.2, 0.25) is 0 Å². The van der Waals surface area contributed by atoms with Crippen molar-refractivity contribution in [3.8, 4) is 0 Å². The first kappa shape index (κ1) is 16.0. The van der Waals surface area contributed by atoms with Crippen molar-refractivity contribution >= 4 is 10.2 Å². The molecule has 0 bridgehead atoms. The van der Waals surface area contributed by atoms with Gasteiger partial charge >= 0.3 is 0 Å². The number of hydrogen-bond donors (Lipinski definition) is 1. The van der Waals surface area contributed by atoms with Crippen molar-refractivity contribution in [3.05, 3.63) is 35.9 Å². The van der Waals surface area contributed by atoms with E-state index in [1.807, 2.05) is 18.2 Å². The maximum Gasteiger partial charge on any atom is 0.279 e. The van der Waals surface area contributed by atoms with Crippen LogP contribution in [0.1, 0.15) is 50.5 Å². The summed E-state index contributed by atoms with van der Waals surface area (Å²) in [5.74, 6) is 0. The molecule has 2 fully saturated rings. The summed E-state index contributed by atoms with van der Waals surface area (Å²) >= 11 is 0. The van der Waals surface area contributed by atoms with Gasteiger partial charge in [-0.3, -0.25) is 0 Å². The Labute approximate surface area is 134 Å². The molecule has 22 heavy (non-hydrogen) atoms.